The van der Waals surface area contributed by atoms with Crippen molar-refractivity contribution in [2.24, 2.45) is 0 Å². The van der Waals surface area contributed by atoms with Gasteiger partial charge in [-0.25, -0.2) is 13.5 Å². The summed E-state index contributed by atoms with van der Waals surface area (Å²) in [6.07, 6.45) is 1.38. The Labute approximate surface area is 144 Å². The first kappa shape index (κ1) is 17.1. The standard InChI is InChI=1S/C15H12F2N4O3S/c1-20-12(23)7-25-10-5-18-21(15(24)14(10)20)6-11(22)19-13-8(16)3-2-4-9(13)17/h2-5H,6-7H2,1H3,(H,19,22). The van der Waals surface area contributed by atoms with Crippen LogP contribution in [-0.4, -0.2) is 34.4 Å². The van der Waals surface area contributed by atoms with Crippen LogP contribution in [0.15, 0.2) is 34.1 Å². The number of para-hydroxylation sites is 1. The Morgan fingerprint density at radius 1 is 1.32 bits per heavy atom. The minimum atomic E-state index is -0.930. The number of nitrogens with one attached hydrogen (secondary N) is 1. The van der Waals surface area contributed by atoms with E-state index in [1.165, 1.54) is 36.0 Å². The van der Waals surface area contributed by atoms with Gasteiger partial charge in [0.05, 0.1) is 16.8 Å². The van der Waals surface area contributed by atoms with Crippen LogP contribution in [0.5, 0.6) is 0 Å². The van der Waals surface area contributed by atoms with E-state index in [1.807, 2.05) is 0 Å². The molecule has 2 heterocycles. The Kier molecular flexibility index (Phi) is 4.53. The average Bonchev–Trinajstić information content (AvgIpc) is 2.57. The Bertz CT molecular complexity index is 911. The number of aromatic nitrogens is 2. The molecule has 0 saturated carbocycles. The topological polar surface area (TPSA) is 84.3 Å². The van der Waals surface area contributed by atoms with Gasteiger partial charge in [-0.1, -0.05) is 6.07 Å². The van der Waals surface area contributed by atoms with Crippen LogP contribution in [0.2, 0.25) is 0 Å². The smallest absolute Gasteiger partial charge is 0.292 e. The predicted octanol–water partition coefficient (Wildman–Crippen LogP) is 1.23. The highest BCUT2D eigenvalue weighted by molar-refractivity contribution is 8.00. The van der Waals surface area contributed by atoms with Crippen LogP contribution >= 0.6 is 11.8 Å². The van der Waals surface area contributed by atoms with Crippen LogP contribution in [-0.2, 0) is 16.1 Å². The zero-order chi connectivity index (χ0) is 18.1. The van der Waals surface area contributed by atoms with Crippen LogP contribution in [0.1, 0.15) is 0 Å². The summed E-state index contributed by atoms with van der Waals surface area (Å²) in [4.78, 5) is 38.0. The van der Waals surface area contributed by atoms with Gasteiger partial charge in [-0.05, 0) is 12.1 Å². The third-order valence-electron chi connectivity index (χ3n) is 3.57. The first-order chi connectivity index (χ1) is 11.9. The molecule has 0 atom stereocenters. The van der Waals surface area contributed by atoms with Gasteiger partial charge in [-0.2, -0.15) is 5.10 Å². The number of hydrogen-bond donors (Lipinski definition) is 1. The molecule has 0 aliphatic carbocycles. The quantitative estimate of drug-likeness (QED) is 0.883. The zero-order valence-electron chi connectivity index (χ0n) is 13.0. The Hall–Kier alpha value is -2.75. The predicted molar refractivity (Wildman–Crippen MR) is 87.6 cm³/mol. The molecule has 2 aromatic rings. The summed E-state index contributed by atoms with van der Waals surface area (Å²) in [7, 11) is 1.46. The van der Waals surface area contributed by atoms with Crippen LogP contribution in [0, 0.1) is 11.6 Å². The molecule has 1 aromatic carbocycles. The van der Waals surface area contributed by atoms with Crippen LogP contribution in [0.25, 0.3) is 0 Å². The molecular formula is C15H12F2N4O3S. The highest BCUT2D eigenvalue weighted by Gasteiger charge is 2.26. The van der Waals surface area contributed by atoms with Gasteiger partial charge in [0.25, 0.3) is 5.56 Å². The molecule has 1 aromatic heterocycles. The van der Waals surface area contributed by atoms with Crippen molar-refractivity contribution in [2.75, 3.05) is 23.0 Å². The average molecular weight is 366 g/mol. The zero-order valence-corrected chi connectivity index (χ0v) is 13.8. The molecule has 1 aliphatic rings. The maximum Gasteiger partial charge on any atom is 0.292 e. The van der Waals surface area contributed by atoms with Gasteiger partial charge in [0.15, 0.2) is 0 Å². The fourth-order valence-electron chi connectivity index (χ4n) is 2.28. The summed E-state index contributed by atoms with van der Waals surface area (Å²) in [6, 6.07) is 3.17. The Balaban J connectivity index is 1.85. The molecule has 7 nitrogen and oxygen atoms in total. The Morgan fingerprint density at radius 3 is 2.68 bits per heavy atom. The lowest BCUT2D eigenvalue weighted by molar-refractivity contribution is -0.117. The lowest BCUT2D eigenvalue weighted by Gasteiger charge is -2.24. The molecule has 25 heavy (non-hydrogen) atoms. The van der Waals surface area contributed by atoms with Crippen LogP contribution in [0.3, 0.4) is 0 Å². The van der Waals surface area contributed by atoms with Gasteiger partial charge in [0.2, 0.25) is 11.8 Å². The fraction of sp³-hybridized carbons (Fsp3) is 0.200. The van der Waals surface area contributed by atoms with E-state index in [-0.39, 0.29) is 17.3 Å². The molecule has 0 unspecified atom stereocenters. The maximum absolute atomic E-state index is 13.6. The molecule has 0 fully saturated rings. The SMILES string of the molecule is CN1C(=O)CSc2cnn(CC(=O)Nc3c(F)cccc3F)c(=O)c21. The summed E-state index contributed by atoms with van der Waals surface area (Å²) < 4.78 is 28.0. The summed E-state index contributed by atoms with van der Waals surface area (Å²) in [6.45, 7) is -0.549. The Morgan fingerprint density at radius 2 is 2.00 bits per heavy atom. The van der Waals surface area contributed by atoms with Gasteiger partial charge in [-0.3, -0.25) is 14.4 Å². The molecule has 0 bridgehead atoms. The van der Waals surface area contributed by atoms with E-state index in [1.54, 1.807) is 0 Å². The molecule has 1 aliphatic heterocycles. The molecule has 1 N–H and O–H groups in total. The minimum Gasteiger partial charge on any atom is -0.320 e. The maximum atomic E-state index is 13.6. The lowest BCUT2D eigenvalue weighted by Crippen LogP contribution is -2.40. The summed E-state index contributed by atoms with van der Waals surface area (Å²) in [5.41, 5.74) is -1.10. The van der Waals surface area contributed by atoms with E-state index in [0.29, 0.717) is 4.90 Å². The molecule has 0 saturated heterocycles. The monoisotopic (exact) mass is 366 g/mol. The van der Waals surface area contributed by atoms with Gasteiger partial charge in [0.1, 0.15) is 29.6 Å². The summed E-state index contributed by atoms with van der Waals surface area (Å²) in [5, 5.41) is 5.95. The summed E-state index contributed by atoms with van der Waals surface area (Å²) >= 11 is 1.18. The largest absolute Gasteiger partial charge is 0.320 e. The number of amides is 2. The van der Waals surface area contributed by atoms with E-state index in [4.69, 9.17) is 0 Å². The van der Waals surface area contributed by atoms with Gasteiger partial charge in [0, 0.05) is 7.05 Å². The van der Waals surface area contributed by atoms with Crippen LogP contribution < -0.4 is 15.8 Å². The van der Waals surface area contributed by atoms with E-state index >= 15 is 0 Å². The number of nitrogens with zero attached hydrogens (tertiary/aromatic N) is 3. The number of halogens is 2. The third kappa shape index (κ3) is 3.25. The number of carbonyl (C=O) groups excluding carboxylic acids is 2. The minimum absolute atomic E-state index is 0.126. The lowest BCUT2D eigenvalue weighted by atomic mass is 10.3. The van der Waals surface area contributed by atoms with Gasteiger partial charge >= 0.3 is 0 Å². The highest BCUT2D eigenvalue weighted by atomic mass is 32.2. The summed E-state index contributed by atoms with van der Waals surface area (Å²) in [5.74, 6) is -2.73. The van der Waals surface area contributed by atoms with Crippen molar-refractivity contribution < 1.29 is 18.4 Å². The van der Waals surface area contributed by atoms with E-state index in [2.05, 4.69) is 10.4 Å². The second-order valence-corrected chi connectivity index (χ2v) is 6.22. The van der Waals surface area contributed by atoms with E-state index in [0.717, 1.165) is 16.8 Å². The van der Waals surface area contributed by atoms with Crippen molar-refractivity contribution in [3.8, 4) is 0 Å². The first-order valence-corrected chi connectivity index (χ1v) is 8.10. The van der Waals surface area contributed by atoms with Gasteiger partial charge in [-0.15, -0.1) is 11.8 Å². The van der Waals surface area contributed by atoms with Crippen molar-refractivity contribution in [1.29, 1.82) is 0 Å². The van der Waals surface area contributed by atoms with Crippen molar-refractivity contribution in [2.45, 2.75) is 11.4 Å². The number of anilines is 2. The molecule has 10 heteroatoms. The van der Waals surface area contributed by atoms with Gasteiger partial charge < -0.3 is 10.2 Å². The number of carbonyl (C=O) groups is 2. The second kappa shape index (κ2) is 6.63. The molecule has 2 amide bonds. The third-order valence-corrected chi connectivity index (χ3v) is 4.57. The van der Waals surface area contributed by atoms with E-state index < -0.39 is 35.3 Å². The number of hydrogen-bond acceptors (Lipinski definition) is 5. The molecular weight excluding hydrogens is 354 g/mol. The van der Waals surface area contributed by atoms with Crippen molar-refractivity contribution in [1.82, 2.24) is 9.78 Å². The highest BCUT2D eigenvalue weighted by Crippen LogP contribution is 2.30. The van der Waals surface area contributed by atoms with Crippen LogP contribution in [0.4, 0.5) is 20.2 Å². The van der Waals surface area contributed by atoms with Crippen molar-refractivity contribution >= 4 is 35.0 Å². The molecule has 0 radical (unpaired) electrons. The van der Waals surface area contributed by atoms with E-state index in [9.17, 15) is 23.2 Å². The van der Waals surface area contributed by atoms with Crippen molar-refractivity contribution in [3.63, 3.8) is 0 Å². The molecule has 130 valence electrons. The number of benzene rings is 1. The number of fused-ring (bicyclic) bond motifs is 1. The molecule has 3 rings (SSSR count). The fourth-order valence-corrected chi connectivity index (χ4v) is 3.24. The normalized spacial score (nSPS) is 13.6. The first-order valence-electron chi connectivity index (χ1n) is 7.12. The number of rotatable bonds is 3. The molecule has 0 spiro atoms. The van der Waals surface area contributed by atoms with Crippen molar-refractivity contribution in [3.05, 3.63) is 46.4 Å². The number of thioether (sulfide) groups is 1. The second-order valence-electron chi connectivity index (χ2n) is 5.21.